The minimum Gasteiger partial charge on any atom is -0.462 e. The number of pyridine rings is 1. The number of esters is 1. The number of rotatable bonds is 3. The van der Waals surface area contributed by atoms with Crippen LogP contribution in [0.5, 0.6) is 0 Å². The van der Waals surface area contributed by atoms with Crippen molar-refractivity contribution in [2.75, 3.05) is 6.61 Å². The van der Waals surface area contributed by atoms with Crippen LogP contribution in [0.25, 0.3) is 0 Å². The smallest absolute Gasteiger partial charge is 0.341 e. The summed E-state index contributed by atoms with van der Waals surface area (Å²) >= 11 is 2.20. The standard InChI is InChI=1S/C18H24INO3/c1-4-23-17(22)14-15(19)13-11(8-18(2,3)9-12(13)21)20-16(14)10-6-5-7-10/h10,12,21H,4-9H2,1-3H3/t12-/m0/s1. The van der Waals surface area contributed by atoms with Gasteiger partial charge in [0.25, 0.3) is 0 Å². The summed E-state index contributed by atoms with van der Waals surface area (Å²) in [5.41, 5.74) is 3.33. The summed E-state index contributed by atoms with van der Waals surface area (Å²) in [6.07, 6.45) is 4.34. The highest BCUT2D eigenvalue weighted by molar-refractivity contribution is 14.1. The summed E-state index contributed by atoms with van der Waals surface area (Å²) < 4.78 is 6.11. The summed E-state index contributed by atoms with van der Waals surface area (Å²) in [5.74, 6) is 0.0570. The maximum atomic E-state index is 12.5. The van der Waals surface area contributed by atoms with E-state index in [-0.39, 0.29) is 11.4 Å². The Morgan fingerprint density at radius 2 is 2.13 bits per heavy atom. The van der Waals surface area contributed by atoms with E-state index in [0.717, 1.165) is 39.8 Å². The molecule has 1 aromatic rings. The molecule has 0 aliphatic heterocycles. The molecule has 0 spiro atoms. The van der Waals surface area contributed by atoms with Gasteiger partial charge in [0.1, 0.15) is 0 Å². The number of carbonyl (C=O) groups is 1. The fourth-order valence-electron chi connectivity index (χ4n) is 3.63. The highest BCUT2D eigenvalue weighted by atomic mass is 127. The van der Waals surface area contributed by atoms with Gasteiger partial charge >= 0.3 is 5.97 Å². The van der Waals surface area contributed by atoms with Crippen LogP contribution in [0.2, 0.25) is 0 Å². The lowest BCUT2D eigenvalue weighted by atomic mass is 9.73. The van der Waals surface area contributed by atoms with Crippen LogP contribution in [0.1, 0.15) is 85.8 Å². The van der Waals surface area contributed by atoms with E-state index in [4.69, 9.17) is 9.72 Å². The van der Waals surface area contributed by atoms with Gasteiger partial charge < -0.3 is 9.84 Å². The molecule has 23 heavy (non-hydrogen) atoms. The topological polar surface area (TPSA) is 59.4 Å². The van der Waals surface area contributed by atoms with E-state index in [2.05, 4.69) is 36.4 Å². The maximum absolute atomic E-state index is 12.5. The van der Waals surface area contributed by atoms with Crippen molar-refractivity contribution in [3.05, 3.63) is 26.1 Å². The van der Waals surface area contributed by atoms with Gasteiger partial charge in [-0.25, -0.2) is 4.79 Å². The van der Waals surface area contributed by atoms with Crippen LogP contribution in [0.15, 0.2) is 0 Å². The maximum Gasteiger partial charge on any atom is 0.341 e. The fraction of sp³-hybridized carbons (Fsp3) is 0.667. The van der Waals surface area contributed by atoms with Crippen LogP contribution in [0.4, 0.5) is 0 Å². The van der Waals surface area contributed by atoms with E-state index < -0.39 is 6.10 Å². The van der Waals surface area contributed by atoms with Crippen molar-refractivity contribution in [1.29, 1.82) is 0 Å². The van der Waals surface area contributed by atoms with Gasteiger partial charge in [-0.05, 0) is 60.6 Å². The predicted molar refractivity (Wildman–Crippen MR) is 96.6 cm³/mol. The van der Waals surface area contributed by atoms with Crippen LogP contribution >= 0.6 is 22.6 Å². The Labute approximate surface area is 151 Å². The molecule has 1 heterocycles. The zero-order valence-corrected chi connectivity index (χ0v) is 16.1. The highest BCUT2D eigenvalue weighted by Gasteiger charge is 2.38. The van der Waals surface area contributed by atoms with Gasteiger partial charge in [0, 0.05) is 20.7 Å². The van der Waals surface area contributed by atoms with Crippen molar-refractivity contribution in [1.82, 2.24) is 4.98 Å². The van der Waals surface area contributed by atoms with Crippen molar-refractivity contribution >= 4 is 28.6 Å². The summed E-state index contributed by atoms with van der Waals surface area (Å²) in [6.45, 7) is 6.49. The van der Waals surface area contributed by atoms with Crippen molar-refractivity contribution in [2.24, 2.45) is 5.41 Å². The molecule has 1 fully saturated rings. The first kappa shape index (κ1) is 17.1. The number of hydrogen-bond acceptors (Lipinski definition) is 4. The van der Waals surface area contributed by atoms with Crippen molar-refractivity contribution in [2.45, 2.75) is 64.9 Å². The number of fused-ring (bicyclic) bond motifs is 1. The van der Waals surface area contributed by atoms with Crippen molar-refractivity contribution < 1.29 is 14.6 Å². The van der Waals surface area contributed by atoms with Gasteiger partial charge in [-0.15, -0.1) is 0 Å². The molecule has 0 amide bonds. The molecular weight excluding hydrogens is 405 g/mol. The number of aliphatic hydroxyl groups is 1. The third-order valence-corrected chi connectivity index (χ3v) is 6.10. The molecule has 4 nitrogen and oxygen atoms in total. The lowest BCUT2D eigenvalue weighted by Gasteiger charge is -2.36. The molecule has 1 N–H and O–H groups in total. The SMILES string of the molecule is CCOC(=O)c1c(C2CCC2)nc2c(c1I)[C@@H](O)CC(C)(C)C2. The summed E-state index contributed by atoms with van der Waals surface area (Å²) in [4.78, 5) is 17.4. The molecule has 0 radical (unpaired) electrons. The van der Waals surface area contributed by atoms with Gasteiger partial charge in [-0.1, -0.05) is 20.3 Å². The molecule has 1 atom stereocenters. The van der Waals surface area contributed by atoms with E-state index in [1.165, 1.54) is 6.42 Å². The van der Waals surface area contributed by atoms with Gasteiger partial charge in [-0.2, -0.15) is 0 Å². The van der Waals surface area contributed by atoms with Crippen LogP contribution in [0.3, 0.4) is 0 Å². The fourth-order valence-corrected chi connectivity index (χ4v) is 4.80. The van der Waals surface area contributed by atoms with Crippen LogP contribution in [-0.2, 0) is 11.2 Å². The first-order chi connectivity index (χ1) is 10.8. The average Bonchev–Trinajstić information content (AvgIpc) is 2.34. The second-order valence-electron chi connectivity index (χ2n) is 7.46. The predicted octanol–water partition coefficient (Wildman–Crippen LogP) is 4.14. The number of halogens is 1. The van der Waals surface area contributed by atoms with Crippen LogP contribution in [0, 0.1) is 8.99 Å². The Hall–Kier alpha value is -0.690. The Kier molecular flexibility index (Phi) is 4.71. The molecule has 0 aromatic carbocycles. The van der Waals surface area contributed by atoms with E-state index in [1.807, 2.05) is 6.92 Å². The number of aromatic nitrogens is 1. The van der Waals surface area contributed by atoms with E-state index in [9.17, 15) is 9.90 Å². The van der Waals surface area contributed by atoms with E-state index in [1.54, 1.807) is 0 Å². The molecule has 3 rings (SSSR count). The molecule has 2 aliphatic carbocycles. The van der Waals surface area contributed by atoms with E-state index in [0.29, 0.717) is 24.5 Å². The Morgan fingerprint density at radius 3 is 2.70 bits per heavy atom. The minimum absolute atomic E-state index is 0.0326. The minimum atomic E-state index is -0.559. The van der Waals surface area contributed by atoms with E-state index >= 15 is 0 Å². The molecule has 0 unspecified atom stereocenters. The first-order valence-corrected chi connectivity index (χ1v) is 9.49. The molecule has 126 valence electrons. The number of aliphatic hydroxyl groups excluding tert-OH is 1. The third-order valence-electron chi connectivity index (χ3n) is 4.97. The van der Waals surface area contributed by atoms with Gasteiger partial charge in [0.2, 0.25) is 0 Å². The van der Waals surface area contributed by atoms with Gasteiger partial charge in [-0.3, -0.25) is 4.98 Å². The molecule has 2 aliphatic rings. The lowest BCUT2D eigenvalue weighted by molar-refractivity contribution is 0.0519. The highest BCUT2D eigenvalue weighted by Crippen LogP contribution is 2.45. The Balaban J connectivity index is 2.15. The Morgan fingerprint density at radius 1 is 1.43 bits per heavy atom. The van der Waals surface area contributed by atoms with Gasteiger partial charge in [0.05, 0.1) is 24.0 Å². The second kappa shape index (κ2) is 6.31. The largest absolute Gasteiger partial charge is 0.462 e. The molecule has 0 saturated heterocycles. The number of carbonyl (C=O) groups excluding carboxylic acids is 1. The van der Waals surface area contributed by atoms with Crippen molar-refractivity contribution in [3.63, 3.8) is 0 Å². The molecule has 0 bridgehead atoms. The number of nitrogens with zero attached hydrogens (tertiary/aromatic N) is 1. The molecule has 5 heteroatoms. The third kappa shape index (κ3) is 3.14. The summed E-state index contributed by atoms with van der Waals surface area (Å²) in [5, 5.41) is 10.6. The van der Waals surface area contributed by atoms with Crippen molar-refractivity contribution in [3.8, 4) is 0 Å². The zero-order valence-electron chi connectivity index (χ0n) is 14.0. The number of ether oxygens (including phenoxy) is 1. The zero-order chi connectivity index (χ0) is 16.8. The monoisotopic (exact) mass is 429 g/mol. The summed E-state index contributed by atoms with van der Waals surface area (Å²) in [6, 6.07) is 0. The second-order valence-corrected chi connectivity index (χ2v) is 8.53. The first-order valence-electron chi connectivity index (χ1n) is 8.41. The van der Waals surface area contributed by atoms with Crippen LogP contribution < -0.4 is 0 Å². The lowest BCUT2D eigenvalue weighted by Crippen LogP contribution is -2.30. The summed E-state index contributed by atoms with van der Waals surface area (Å²) in [7, 11) is 0. The molecule has 1 saturated carbocycles. The number of hydrogen-bond donors (Lipinski definition) is 1. The average molecular weight is 429 g/mol. The molecular formula is C18H24INO3. The molecule has 1 aromatic heterocycles. The Bertz CT molecular complexity index is 638. The normalized spacial score (nSPS) is 23.1. The van der Waals surface area contributed by atoms with Crippen LogP contribution in [-0.4, -0.2) is 22.7 Å². The van der Waals surface area contributed by atoms with Gasteiger partial charge in [0.15, 0.2) is 0 Å². The quantitative estimate of drug-likeness (QED) is 0.580.